The van der Waals surface area contributed by atoms with Crippen molar-refractivity contribution in [3.05, 3.63) is 56.9 Å². The van der Waals surface area contributed by atoms with Crippen molar-refractivity contribution in [2.24, 2.45) is 5.73 Å². The first-order valence-electron chi connectivity index (χ1n) is 7.28. The van der Waals surface area contributed by atoms with Crippen molar-refractivity contribution in [2.45, 2.75) is 6.92 Å². The number of benzene rings is 1. The van der Waals surface area contributed by atoms with Crippen molar-refractivity contribution in [1.82, 2.24) is 4.98 Å². The number of hydrogen-bond acceptors (Lipinski definition) is 5. The number of thiophene rings is 1. The maximum atomic E-state index is 12.8. The molecule has 8 heteroatoms. The molecule has 2 N–H and O–H groups in total. The SMILES string of the molecule is Cc1nc(-c2ccc(Cl)s2)sc1C(=O)N(C)c1ccc(C(N)=O)cc1. The Balaban J connectivity index is 1.87. The van der Waals surface area contributed by atoms with Gasteiger partial charge in [-0.25, -0.2) is 4.98 Å². The van der Waals surface area contributed by atoms with Gasteiger partial charge in [-0.3, -0.25) is 9.59 Å². The van der Waals surface area contributed by atoms with E-state index in [2.05, 4.69) is 4.98 Å². The molecule has 3 rings (SSSR count). The molecule has 2 aromatic heterocycles. The van der Waals surface area contributed by atoms with Crippen LogP contribution in [0.5, 0.6) is 0 Å². The summed E-state index contributed by atoms with van der Waals surface area (Å²) in [5, 5.41) is 0.773. The summed E-state index contributed by atoms with van der Waals surface area (Å²) >= 11 is 8.74. The Morgan fingerprint density at radius 2 is 1.80 bits per heavy atom. The highest BCUT2D eigenvalue weighted by molar-refractivity contribution is 7.24. The normalized spacial score (nSPS) is 10.7. The predicted octanol–water partition coefficient (Wildman–Crippen LogP) is 4.21. The zero-order valence-electron chi connectivity index (χ0n) is 13.4. The fourth-order valence-electron chi connectivity index (χ4n) is 2.25. The number of anilines is 1. The zero-order valence-corrected chi connectivity index (χ0v) is 15.8. The molecule has 0 saturated heterocycles. The Morgan fingerprint density at radius 3 is 2.36 bits per heavy atom. The minimum absolute atomic E-state index is 0.157. The molecule has 25 heavy (non-hydrogen) atoms. The zero-order chi connectivity index (χ0) is 18.1. The van der Waals surface area contributed by atoms with Gasteiger partial charge in [-0.05, 0) is 43.3 Å². The monoisotopic (exact) mass is 391 g/mol. The number of aryl methyl sites for hydroxylation is 1. The van der Waals surface area contributed by atoms with E-state index in [0.29, 0.717) is 26.2 Å². The number of rotatable bonds is 4. The second-order valence-electron chi connectivity index (χ2n) is 5.31. The number of amides is 2. The highest BCUT2D eigenvalue weighted by Gasteiger charge is 2.21. The Bertz CT molecular complexity index is 947. The topological polar surface area (TPSA) is 76.3 Å². The Morgan fingerprint density at radius 1 is 1.12 bits per heavy atom. The lowest BCUT2D eigenvalue weighted by Gasteiger charge is -2.16. The predicted molar refractivity (Wildman–Crippen MR) is 103 cm³/mol. The van der Waals surface area contributed by atoms with E-state index in [1.807, 2.05) is 19.1 Å². The van der Waals surface area contributed by atoms with Gasteiger partial charge in [0.2, 0.25) is 5.91 Å². The molecule has 0 aliphatic rings. The van der Waals surface area contributed by atoms with Gasteiger partial charge >= 0.3 is 0 Å². The number of thiazole rings is 1. The number of nitrogens with zero attached hydrogens (tertiary/aromatic N) is 2. The molecule has 0 saturated carbocycles. The van der Waals surface area contributed by atoms with Gasteiger partial charge in [0.25, 0.3) is 5.91 Å². The summed E-state index contributed by atoms with van der Waals surface area (Å²) in [5.74, 6) is -0.659. The molecule has 0 bridgehead atoms. The van der Waals surface area contributed by atoms with Crippen LogP contribution in [-0.4, -0.2) is 23.8 Å². The third-order valence-electron chi connectivity index (χ3n) is 3.62. The van der Waals surface area contributed by atoms with Crippen LogP contribution in [0.25, 0.3) is 9.88 Å². The largest absolute Gasteiger partial charge is 0.366 e. The minimum Gasteiger partial charge on any atom is -0.366 e. The molecule has 2 amide bonds. The van der Waals surface area contributed by atoms with Crippen molar-refractivity contribution in [1.29, 1.82) is 0 Å². The molecule has 2 heterocycles. The van der Waals surface area contributed by atoms with E-state index in [1.54, 1.807) is 31.3 Å². The number of aromatic nitrogens is 1. The van der Waals surface area contributed by atoms with Crippen LogP contribution in [0.2, 0.25) is 4.34 Å². The van der Waals surface area contributed by atoms with E-state index in [0.717, 1.165) is 9.88 Å². The highest BCUT2D eigenvalue weighted by Crippen LogP contribution is 2.35. The number of carbonyl (C=O) groups excluding carboxylic acids is 2. The summed E-state index contributed by atoms with van der Waals surface area (Å²) in [6.45, 7) is 1.81. The summed E-state index contributed by atoms with van der Waals surface area (Å²) in [6, 6.07) is 10.3. The van der Waals surface area contributed by atoms with Gasteiger partial charge in [0.15, 0.2) is 0 Å². The molecule has 0 fully saturated rings. The molecule has 5 nitrogen and oxygen atoms in total. The van der Waals surface area contributed by atoms with Crippen molar-refractivity contribution in [3.63, 3.8) is 0 Å². The fraction of sp³-hybridized carbons (Fsp3) is 0.118. The number of carbonyl (C=O) groups is 2. The highest BCUT2D eigenvalue weighted by atomic mass is 35.5. The van der Waals surface area contributed by atoms with Gasteiger partial charge in [0.1, 0.15) is 9.88 Å². The van der Waals surface area contributed by atoms with E-state index >= 15 is 0 Å². The lowest BCUT2D eigenvalue weighted by molar-refractivity contribution is 0.0991. The second kappa shape index (κ2) is 6.95. The summed E-state index contributed by atoms with van der Waals surface area (Å²) in [6.07, 6.45) is 0. The van der Waals surface area contributed by atoms with Crippen LogP contribution >= 0.6 is 34.3 Å². The smallest absolute Gasteiger partial charge is 0.270 e. The molecule has 0 spiro atoms. The summed E-state index contributed by atoms with van der Waals surface area (Å²) in [7, 11) is 1.68. The van der Waals surface area contributed by atoms with Crippen LogP contribution in [-0.2, 0) is 0 Å². The minimum atomic E-state index is -0.502. The summed E-state index contributed by atoms with van der Waals surface area (Å²) < 4.78 is 0.683. The average Bonchev–Trinajstić information content (AvgIpc) is 3.19. The number of primary amides is 1. The van der Waals surface area contributed by atoms with Crippen LogP contribution < -0.4 is 10.6 Å². The van der Waals surface area contributed by atoms with Crippen LogP contribution in [0, 0.1) is 6.92 Å². The Hall–Kier alpha value is -2.22. The Labute approximate surface area is 157 Å². The second-order valence-corrected chi connectivity index (χ2v) is 8.03. The van der Waals surface area contributed by atoms with Crippen molar-refractivity contribution in [2.75, 3.05) is 11.9 Å². The molecule has 0 aliphatic carbocycles. The van der Waals surface area contributed by atoms with Gasteiger partial charge < -0.3 is 10.6 Å². The third-order valence-corrected chi connectivity index (χ3v) is 6.16. The molecule has 3 aromatic rings. The molecule has 0 atom stereocenters. The van der Waals surface area contributed by atoms with E-state index < -0.39 is 5.91 Å². The van der Waals surface area contributed by atoms with Gasteiger partial charge in [0.05, 0.1) is 14.9 Å². The molecule has 0 radical (unpaired) electrons. The molecule has 0 aliphatic heterocycles. The van der Waals surface area contributed by atoms with Crippen LogP contribution in [0.4, 0.5) is 5.69 Å². The van der Waals surface area contributed by atoms with Gasteiger partial charge in [0, 0.05) is 18.3 Å². The van der Waals surface area contributed by atoms with E-state index in [1.165, 1.54) is 27.6 Å². The quantitative estimate of drug-likeness (QED) is 0.723. The maximum Gasteiger partial charge on any atom is 0.270 e. The maximum absolute atomic E-state index is 12.8. The summed E-state index contributed by atoms with van der Waals surface area (Å²) in [5.41, 5.74) is 6.98. The lowest BCUT2D eigenvalue weighted by Crippen LogP contribution is -2.26. The molecule has 1 aromatic carbocycles. The molecular weight excluding hydrogens is 378 g/mol. The van der Waals surface area contributed by atoms with Crippen LogP contribution in [0.15, 0.2) is 36.4 Å². The fourth-order valence-corrected chi connectivity index (χ4v) is 4.39. The first-order chi connectivity index (χ1) is 11.9. The van der Waals surface area contributed by atoms with Crippen molar-refractivity contribution < 1.29 is 9.59 Å². The third kappa shape index (κ3) is 3.58. The standard InChI is InChI=1S/C17H14ClN3O2S2/c1-9-14(25-16(20-9)12-7-8-13(18)24-12)17(23)21(2)11-5-3-10(4-6-11)15(19)22/h3-8H,1-2H3,(H2,19,22). The number of hydrogen-bond donors (Lipinski definition) is 1. The van der Waals surface area contributed by atoms with E-state index in [-0.39, 0.29) is 5.91 Å². The average molecular weight is 392 g/mol. The van der Waals surface area contributed by atoms with E-state index in [4.69, 9.17) is 17.3 Å². The lowest BCUT2D eigenvalue weighted by atomic mass is 10.2. The molecule has 128 valence electrons. The van der Waals surface area contributed by atoms with Crippen LogP contribution in [0.1, 0.15) is 25.7 Å². The first-order valence-corrected chi connectivity index (χ1v) is 9.29. The summed E-state index contributed by atoms with van der Waals surface area (Å²) in [4.78, 5) is 31.5. The molecular formula is C17H14ClN3O2S2. The van der Waals surface area contributed by atoms with Crippen LogP contribution in [0.3, 0.4) is 0 Å². The first kappa shape index (κ1) is 17.6. The van der Waals surface area contributed by atoms with Crippen molar-refractivity contribution in [3.8, 4) is 9.88 Å². The Kier molecular flexibility index (Phi) is 4.89. The number of nitrogens with two attached hydrogens (primary N) is 1. The molecule has 0 unspecified atom stereocenters. The van der Waals surface area contributed by atoms with E-state index in [9.17, 15) is 9.59 Å². The van der Waals surface area contributed by atoms with Gasteiger partial charge in [-0.2, -0.15) is 0 Å². The van der Waals surface area contributed by atoms with Gasteiger partial charge in [-0.15, -0.1) is 22.7 Å². The number of halogens is 1. The van der Waals surface area contributed by atoms with Gasteiger partial charge in [-0.1, -0.05) is 11.6 Å². The van der Waals surface area contributed by atoms with Crippen molar-refractivity contribution >= 4 is 51.8 Å².